The van der Waals surface area contributed by atoms with E-state index in [2.05, 4.69) is 27.7 Å². The Labute approximate surface area is 48.7 Å². The molecule has 0 N–H and O–H groups in total. The fourth-order valence-electron chi connectivity index (χ4n) is 0.441. The maximum Gasteiger partial charge on any atom is 0.111 e. The van der Waals surface area contributed by atoms with E-state index >= 15 is 0 Å². The standard InChI is InChI=1S/C5H13BP/c1-4-7(3)5-6-2/h4-5H2,1-3H3. The molecule has 1 unspecified atom stereocenters. The maximum atomic E-state index is 2.34. The second kappa shape index (κ2) is 4.65. The van der Waals surface area contributed by atoms with Crippen molar-refractivity contribution >= 4 is 15.2 Å². The summed E-state index contributed by atoms with van der Waals surface area (Å²) in [4.78, 5) is 0. The Morgan fingerprint density at radius 3 is 2.29 bits per heavy atom. The molecule has 0 aliphatic rings. The summed E-state index contributed by atoms with van der Waals surface area (Å²) >= 11 is 0. The molecule has 1 radical (unpaired) electrons. The van der Waals surface area contributed by atoms with E-state index < -0.39 is 0 Å². The number of hydrogen-bond acceptors (Lipinski definition) is 0. The highest BCUT2D eigenvalue weighted by Crippen LogP contribution is 2.27. The van der Waals surface area contributed by atoms with Gasteiger partial charge < -0.3 is 0 Å². The number of rotatable bonds is 3. The molecule has 0 aromatic carbocycles. The Balaban J connectivity index is 2.83. The molecule has 0 aliphatic carbocycles. The van der Waals surface area contributed by atoms with Gasteiger partial charge in [-0.1, -0.05) is 19.8 Å². The van der Waals surface area contributed by atoms with E-state index in [-0.39, 0.29) is 0 Å². The first-order valence-electron chi connectivity index (χ1n) is 2.77. The van der Waals surface area contributed by atoms with Crippen molar-refractivity contribution in [3.8, 4) is 0 Å². The lowest BCUT2D eigenvalue weighted by atomic mass is 9.87. The zero-order chi connectivity index (χ0) is 5.70. The predicted octanol–water partition coefficient (Wildman–Crippen LogP) is 1.83. The average Bonchev–Trinajstić information content (AvgIpc) is 1.68. The maximum absolute atomic E-state index is 2.34. The van der Waals surface area contributed by atoms with Crippen molar-refractivity contribution in [2.75, 3.05) is 18.9 Å². The quantitative estimate of drug-likeness (QED) is 0.388. The summed E-state index contributed by atoms with van der Waals surface area (Å²) in [6.45, 7) is 6.74. The van der Waals surface area contributed by atoms with Crippen molar-refractivity contribution in [1.82, 2.24) is 0 Å². The van der Waals surface area contributed by atoms with Crippen LogP contribution in [0.1, 0.15) is 6.92 Å². The highest BCUT2D eigenvalue weighted by Gasteiger charge is 1.92. The molecule has 2 heteroatoms. The minimum absolute atomic E-state index is 0.366. The van der Waals surface area contributed by atoms with Crippen LogP contribution in [0.5, 0.6) is 0 Å². The van der Waals surface area contributed by atoms with E-state index in [0.717, 1.165) is 0 Å². The Hall–Kier alpha value is 0.495. The normalized spacial score (nSPS) is 13.6. The molecule has 0 aromatic rings. The van der Waals surface area contributed by atoms with Crippen molar-refractivity contribution in [3.05, 3.63) is 0 Å². The highest BCUT2D eigenvalue weighted by atomic mass is 31.1. The van der Waals surface area contributed by atoms with Crippen molar-refractivity contribution in [3.63, 3.8) is 0 Å². The molecule has 0 fully saturated rings. The van der Waals surface area contributed by atoms with Gasteiger partial charge in [-0.15, -0.1) is 7.92 Å². The minimum atomic E-state index is 0.366. The van der Waals surface area contributed by atoms with Gasteiger partial charge in [0.05, 0.1) is 0 Å². The highest BCUT2D eigenvalue weighted by molar-refractivity contribution is 7.58. The van der Waals surface area contributed by atoms with E-state index in [1.807, 2.05) is 0 Å². The molecule has 0 nitrogen and oxygen atoms in total. The molecule has 0 spiro atoms. The molecule has 0 rings (SSSR count). The molecule has 0 aliphatic heterocycles. The van der Waals surface area contributed by atoms with Crippen molar-refractivity contribution < 1.29 is 0 Å². The first-order chi connectivity index (χ1) is 3.31. The topological polar surface area (TPSA) is 0 Å². The minimum Gasteiger partial charge on any atom is -0.118 e. The van der Waals surface area contributed by atoms with Gasteiger partial charge in [-0.3, -0.25) is 0 Å². The smallest absolute Gasteiger partial charge is 0.111 e. The van der Waals surface area contributed by atoms with E-state index in [1.165, 1.54) is 12.2 Å². The Kier molecular flexibility index (Phi) is 4.98. The second-order valence-corrected chi connectivity index (χ2v) is 4.47. The van der Waals surface area contributed by atoms with Crippen LogP contribution in [0.4, 0.5) is 0 Å². The lowest BCUT2D eigenvalue weighted by molar-refractivity contribution is 1.49. The molecule has 7 heavy (non-hydrogen) atoms. The zero-order valence-corrected chi connectivity index (χ0v) is 6.33. The van der Waals surface area contributed by atoms with Gasteiger partial charge in [0.25, 0.3) is 0 Å². The van der Waals surface area contributed by atoms with Crippen LogP contribution in [0.2, 0.25) is 6.82 Å². The summed E-state index contributed by atoms with van der Waals surface area (Å²) in [7, 11) is 2.63. The van der Waals surface area contributed by atoms with E-state index in [9.17, 15) is 0 Å². The summed E-state index contributed by atoms with van der Waals surface area (Å²) in [6.07, 6.45) is 1.37. The summed E-state index contributed by atoms with van der Waals surface area (Å²) in [5.74, 6) is 0. The second-order valence-electron chi connectivity index (χ2n) is 1.76. The summed E-state index contributed by atoms with van der Waals surface area (Å²) in [5, 5.41) is 0. The average molecular weight is 115 g/mol. The fraction of sp³-hybridized carbons (Fsp3) is 1.00. The van der Waals surface area contributed by atoms with Crippen LogP contribution in [0.3, 0.4) is 0 Å². The molecule has 0 saturated carbocycles. The van der Waals surface area contributed by atoms with E-state index in [4.69, 9.17) is 0 Å². The fourth-order valence-corrected chi connectivity index (χ4v) is 1.32. The van der Waals surface area contributed by atoms with Gasteiger partial charge >= 0.3 is 0 Å². The van der Waals surface area contributed by atoms with Gasteiger partial charge in [-0.2, -0.15) is 0 Å². The molecule has 0 heterocycles. The third-order valence-corrected chi connectivity index (χ3v) is 3.10. The Morgan fingerprint density at radius 2 is 2.14 bits per heavy atom. The first-order valence-corrected chi connectivity index (χ1v) is 4.93. The van der Waals surface area contributed by atoms with Crippen LogP contribution in [-0.4, -0.2) is 26.2 Å². The van der Waals surface area contributed by atoms with E-state index in [1.54, 1.807) is 0 Å². The molecule has 0 saturated heterocycles. The third-order valence-electron chi connectivity index (χ3n) is 1.03. The van der Waals surface area contributed by atoms with Gasteiger partial charge in [0.2, 0.25) is 0 Å². The van der Waals surface area contributed by atoms with Crippen LogP contribution in [0, 0.1) is 0 Å². The molecule has 0 aromatic heterocycles. The summed E-state index contributed by atoms with van der Waals surface area (Å²) in [6, 6.07) is 1.34. The van der Waals surface area contributed by atoms with Gasteiger partial charge in [0.15, 0.2) is 0 Å². The van der Waals surface area contributed by atoms with Crippen LogP contribution < -0.4 is 0 Å². The Bertz CT molecular complexity index is 39.1. The van der Waals surface area contributed by atoms with Gasteiger partial charge in [0, 0.05) is 0 Å². The molecule has 41 valence electrons. The monoisotopic (exact) mass is 115 g/mol. The van der Waals surface area contributed by atoms with Crippen LogP contribution in [0.25, 0.3) is 0 Å². The molecule has 0 amide bonds. The Morgan fingerprint density at radius 1 is 1.57 bits per heavy atom. The van der Waals surface area contributed by atoms with Crippen LogP contribution >= 0.6 is 7.92 Å². The molecule has 1 atom stereocenters. The summed E-state index contributed by atoms with van der Waals surface area (Å²) in [5.41, 5.74) is 0. The number of hydrogen-bond donors (Lipinski definition) is 0. The SMILES string of the molecule is C[B]CP(C)CC. The lowest BCUT2D eigenvalue weighted by Gasteiger charge is -2.03. The molecular weight excluding hydrogens is 102 g/mol. The van der Waals surface area contributed by atoms with Crippen molar-refractivity contribution in [2.24, 2.45) is 0 Å². The van der Waals surface area contributed by atoms with E-state index in [0.29, 0.717) is 7.92 Å². The van der Waals surface area contributed by atoms with Gasteiger partial charge in [-0.25, -0.2) is 0 Å². The van der Waals surface area contributed by atoms with Crippen molar-refractivity contribution in [2.45, 2.75) is 13.7 Å². The molecular formula is C5H13BP. The largest absolute Gasteiger partial charge is 0.118 e. The van der Waals surface area contributed by atoms with Gasteiger partial charge in [0.1, 0.15) is 7.28 Å². The lowest BCUT2D eigenvalue weighted by Crippen LogP contribution is -1.90. The van der Waals surface area contributed by atoms with Crippen LogP contribution in [0.15, 0.2) is 0 Å². The zero-order valence-electron chi connectivity index (χ0n) is 5.44. The molecule has 0 bridgehead atoms. The first kappa shape index (κ1) is 7.49. The van der Waals surface area contributed by atoms with Crippen molar-refractivity contribution in [1.29, 1.82) is 0 Å². The third kappa shape index (κ3) is 4.35. The van der Waals surface area contributed by atoms with Gasteiger partial charge in [-0.05, 0) is 12.8 Å². The predicted molar refractivity (Wildman–Crippen MR) is 39.9 cm³/mol. The summed E-state index contributed by atoms with van der Waals surface area (Å²) < 4.78 is 0. The van der Waals surface area contributed by atoms with Crippen LogP contribution in [-0.2, 0) is 0 Å².